The Kier molecular flexibility index (Phi) is 4.13. The number of anilines is 1. The summed E-state index contributed by atoms with van der Waals surface area (Å²) in [4.78, 5) is 23.5. The maximum absolute atomic E-state index is 12.8. The second-order valence-electron chi connectivity index (χ2n) is 6.19. The van der Waals surface area contributed by atoms with Gasteiger partial charge in [-0.1, -0.05) is 6.07 Å². The molecule has 7 heteroatoms. The monoisotopic (exact) mass is 340 g/mol. The molecule has 1 aromatic carbocycles. The molecule has 2 aromatic rings. The largest absolute Gasteiger partial charge is 0.454 e. The first-order valence-corrected chi connectivity index (χ1v) is 8.42. The van der Waals surface area contributed by atoms with Crippen molar-refractivity contribution in [3.05, 3.63) is 41.9 Å². The van der Waals surface area contributed by atoms with Crippen molar-refractivity contribution in [3.63, 3.8) is 0 Å². The van der Waals surface area contributed by atoms with Crippen LogP contribution in [0.5, 0.6) is 11.5 Å². The Morgan fingerprint density at radius 2 is 2.20 bits per heavy atom. The minimum absolute atomic E-state index is 0.0117. The number of likely N-dealkylation sites (tertiary alicyclic amines) is 1. The van der Waals surface area contributed by atoms with Crippen LogP contribution in [0, 0.1) is 0 Å². The SMILES string of the molecule is CNc1cncc([C@@H]2CCCN2C(=O)Cc2ccc3c(c2)OCO3)n1. The van der Waals surface area contributed by atoms with Gasteiger partial charge in [0, 0.05) is 13.6 Å². The topological polar surface area (TPSA) is 76.6 Å². The zero-order valence-corrected chi connectivity index (χ0v) is 14.1. The lowest BCUT2D eigenvalue weighted by molar-refractivity contribution is -0.131. The molecule has 0 radical (unpaired) electrons. The molecule has 1 atom stereocenters. The van der Waals surface area contributed by atoms with Crippen molar-refractivity contribution >= 4 is 11.7 Å². The van der Waals surface area contributed by atoms with E-state index in [1.54, 1.807) is 12.4 Å². The number of hydrogen-bond donors (Lipinski definition) is 1. The lowest BCUT2D eigenvalue weighted by Crippen LogP contribution is -2.32. The third-order valence-corrected chi connectivity index (χ3v) is 4.62. The fraction of sp³-hybridized carbons (Fsp3) is 0.389. The number of nitrogens with one attached hydrogen (secondary N) is 1. The average molecular weight is 340 g/mol. The molecule has 130 valence electrons. The molecule has 1 aromatic heterocycles. The van der Waals surface area contributed by atoms with Gasteiger partial charge >= 0.3 is 0 Å². The average Bonchev–Trinajstić information content (AvgIpc) is 3.30. The third kappa shape index (κ3) is 3.09. The Balaban J connectivity index is 1.50. The van der Waals surface area contributed by atoms with Crippen molar-refractivity contribution in [2.75, 3.05) is 25.7 Å². The highest BCUT2D eigenvalue weighted by Crippen LogP contribution is 2.34. The van der Waals surface area contributed by atoms with Crippen molar-refractivity contribution in [1.29, 1.82) is 0 Å². The van der Waals surface area contributed by atoms with E-state index in [4.69, 9.17) is 9.47 Å². The van der Waals surface area contributed by atoms with Crippen LogP contribution in [0.1, 0.15) is 30.1 Å². The van der Waals surface area contributed by atoms with E-state index in [2.05, 4.69) is 15.3 Å². The molecule has 1 fully saturated rings. The molecule has 0 unspecified atom stereocenters. The molecular weight excluding hydrogens is 320 g/mol. The number of aromatic nitrogens is 2. The molecule has 1 saturated heterocycles. The molecule has 0 saturated carbocycles. The summed E-state index contributed by atoms with van der Waals surface area (Å²) in [6.45, 7) is 0.987. The summed E-state index contributed by atoms with van der Waals surface area (Å²) in [5.74, 6) is 2.25. The number of fused-ring (bicyclic) bond motifs is 1. The number of nitrogens with zero attached hydrogens (tertiary/aromatic N) is 3. The fourth-order valence-corrected chi connectivity index (χ4v) is 3.36. The molecule has 25 heavy (non-hydrogen) atoms. The summed E-state index contributed by atoms with van der Waals surface area (Å²) >= 11 is 0. The number of rotatable bonds is 4. The van der Waals surface area contributed by atoms with Crippen LogP contribution in [-0.2, 0) is 11.2 Å². The number of hydrogen-bond acceptors (Lipinski definition) is 6. The lowest BCUT2D eigenvalue weighted by Gasteiger charge is -2.24. The first kappa shape index (κ1) is 15.7. The van der Waals surface area contributed by atoms with Crippen LogP contribution in [-0.4, -0.2) is 41.2 Å². The number of amides is 1. The summed E-state index contributed by atoms with van der Waals surface area (Å²) in [5.41, 5.74) is 1.76. The summed E-state index contributed by atoms with van der Waals surface area (Å²) in [6, 6.07) is 5.64. The predicted octanol–water partition coefficient (Wildman–Crippen LogP) is 2.15. The zero-order chi connectivity index (χ0) is 17.2. The van der Waals surface area contributed by atoms with Crippen LogP contribution in [0.2, 0.25) is 0 Å². The van der Waals surface area contributed by atoms with Gasteiger partial charge in [0.05, 0.1) is 30.6 Å². The number of carbonyl (C=O) groups excluding carboxylic acids is 1. The Hall–Kier alpha value is -2.83. The molecule has 1 N–H and O–H groups in total. The Morgan fingerprint density at radius 1 is 1.32 bits per heavy atom. The maximum atomic E-state index is 12.8. The molecule has 2 aliphatic rings. The molecule has 0 bridgehead atoms. The first-order valence-electron chi connectivity index (χ1n) is 8.42. The van der Waals surface area contributed by atoms with Crippen LogP contribution in [0.25, 0.3) is 0 Å². The zero-order valence-electron chi connectivity index (χ0n) is 14.1. The summed E-state index contributed by atoms with van der Waals surface area (Å²) in [5, 5.41) is 3.00. The number of carbonyl (C=O) groups is 1. The van der Waals surface area contributed by atoms with Gasteiger partial charge in [0.2, 0.25) is 12.7 Å². The van der Waals surface area contributed by atoms with E-state index in [1.165, 1.54) is 0 Å². The molecule has 4 rings (SSSR count). The predicted molar refractivity (Wildman–Crippen MR) is 91.5 cm³/mol. The molecule has 3 heterocycles. The summed E-state index contributed by atoms with van der Waals surface area (Å²) in [6.07, 6.45) is 5.65. The molecular formula is C18H20N4O3. The standard InChI is InChI=1S/C18H20N4O3/c1-19-17-10-20-9-13(21-17)14-3-2-6-22(14)18(23)8-12-4-5-15-16(7-12)25-11-24-15/h4-5,7,9-10,14H,2-3,6,8,11H2,1H3,(H,19,21)/t14-/m0/s1. The lowest BCUT2D eigenvalue weighted by atomic mass is 10.1. The van der Waals surface area contributed by atoms with Gasteiger partial charge in [-0.05, 0) is 30.5 Å². The Bertz CT molecular complexity index is 796. The second-order valence-corrected chi connectivity index (χ2v) is 6.19. The Labute approximate surface area is 146 Å². The van der Waals surface area contributed by atoms with Crippen molar-refractivity contribution in [2.45, 2.75) is 25.3 Å². The highest BCUT2D eigenvalue weighted by atomic mass is 16.7. The quantitative estimate of drug-likeness (QED) is 0.919. The smallest absolute Gasteiger partial charge is 0.231 e. The van der Waals surface area contributed by atoms with Crippen LogP contribution >= 0.6 is 0 Å². The molecule has 2 aliphatic heterocycles. The van der Waals surface area contributed by atoms with Gasteiger partial charge in [-0.15, -0.1) is 0 Å². The van der Waals surface area contributed by atoms with Gasteiger partial charge in [-0.2, -0.15) is 0 Å². The van der Waals surface area contributed by atoms with Gasteiger partial charge in [0.15, 0.2) is 11.5 Å². The van der Waals surface area contributed by atoms with E-state index in [-0.39, 0.29) is 18.7 Å². The van der Waals surface area contributed by atoms with Gasteiger partial charge in [-0.25, -0.2) is 4.98 Å². The van der Waals surface area contributed by atoms with E-state index < -0.39 is 0 Å². The highest BCUT2D eigenvalue weighted by Gasteiger charge is 2.31. The maximum Gasteiger partial charge on any atom is 0.231 e. The van der Waals surface area contributed by atoms with Gasteiger partial charge in [0.1, 0.15) is 5.82 Å². The minimum Gasteiger partial charge on any atom is -0.454 e. The van der Waals surface area contributed by atoms with E-state index in [1.807, 2.05) is 30.1 Å². The second kappa shape index (κ2) is 6.58. The fourth-order valence-electron chi connectivity index (χ4n) is 3.36. The molecule has 0 spiro atoms. The van der Waals surface area contributed by atoms with E-state index in [0.29, 0.717) is 18.0 Å². The van der Waals surface area contributed by atoms with Gasteiger partial charge < -0.3 is 19.7 Å². The van der Waals surface area contributed by atoms with E-state index in [0.717, 1.165) is 36.4 Å². The third-order valence-electron chi connectivity index (χ3n) is 4.62. The van der Waals surface area contributed by atoms with E-state index >= 15 is 0 Å². The summed E-state index contributed by atoms with van der Waals surface area (Å²) in [7, 11) is 1.81. The number of ether oxygens (including phenoxy) is 2. The van der Waals surface area contributed by atoms with Crippen molar-refractivity contribution in [3.8, 4) is 11.5 Å². The molecule has 7 nitrogen and oxygen atoms in total. The highest BCUT2D eigenvalue weighted by molar-refractivity contribution is 5.79. The Morgan fingerprint density at radius 3 is 3.08 bits per heavy atom. The van der Waals surface area contributed by atoms with Crippen LogP contribution < -0.4 is 14.8 Å². The normalized spacial score (nSPS) is 18.4. The van der Waals surface area contributed by atoms with Crippen LogP contribution in [0.4, 0.5) is 5.82 Å². The van der Waals surface area contributed by atoms with E-state index in [9.17, 15) is 4.79 Å². The minimum atomic E-state index is -0.0117. The van der Waals surface area contributed by atoms with Crippen molar-refractivity contribution < 1.29 is 14.3 Å². The van der Waals surface area contributed by atoms with Gasteiger partial charge in [-0.3, -0.25) is 9.78 Å². The molecule has 1 amide bonds. The number of benzene rings is 1. The van der Waals surface area contributed by atoms with Crippen LogP contribution in [0.3, 0.4) is 0 Å². The summed E-state index contributed by atoms with van der Waals surface area (Å²) < 4.78 is 10.7. The van der Waals surface area contributed by atoms with Gasteiger partial charge in [0.25, 0.3) is 0 Å². The molecule has 0 aliphatic carbocycles. The van der Waals surface area contributed by atoms with Crippen molar-refractivity contribution in [2.24, 2.45) is 0 Å². The first-order chi connectivity index (χ1) is 12.2. The van der Waals surface area contributed by atoms with Crippen molar-refractivity contribution in [1.82, 2.24) is 14.9 Å². The van der Waals surface area contributed by atoms with Crippen LogP contribution in [0.15, 0.2) is 30.6 Å².